The molecule has 2 aliphatic heterocycles. The molecule has 0 aliphatic carbocycles. The van der Waals surface area contributed by atoms with Crippen LogP contribution < -0.4 is 14.8 Å². The van der Waals surface area contributed by atoms with Crippen molar-refractivity contribution in [3.8, 4) is 11.5 Å². The van der Waals surface area contributed by atoms with Crippen LogP contribution in [0.3, 0.4) is 0 Å². The predicted molar refractivity (Wildman–Crippen MR) is 128 cm³/mol. The van der Waals surface area contributed by atoms with E-state index in [-0.39, 0.29) is 18.4 Å². The summed E-state index contributed by atoms with van der Waals surface area (Å²) in [5.74, 6) is 1.13. The zero-order valence-corrected chi connectivity index (χ0v) is 19.1. The molecule has 33 heavy (non-hydrogen) atoms. The minimum Gasteiger partial charge on any atom is -0.494 e. The summed E-state index contributed by atoms with van der Waals surface area (Å²) in [5.41, 5.74) is 1.58. The average molecular weight is 468 g/mol. The first-order valence-corrected chi connectivity index (χ1v) is 11.5. The second kappa shape index (κ2) is 11.0. The molecule has 0 radical (unpaired) electrons. The number of carbonyl (C=O) groups excluding carboxylic acids is 2. The number of amidine groups is 1. The molecule has 9 heteroatoms. The number of hydrogen-bond acceptors (Lipinski definition) is 7. The predicted octanol–water partition coefficient (Wildman–Crippen LogP) is 3.21. The first-order valence-electron chi connectivity index (χ1n) is 10.7. The normalized spacial score (nSPS) is 18.5. The van der Waals surface area contributed by atoms with Crippen molar-refractivity contribution in [1.29, 1.82) is 0 Å². The summed E-state index contributed by atoms with van der Waals surface area (Å²) in [5, 5.41) is 3.31. The number of nitrogens with zero attached hydrogens (tertiary/aromatic N) is 2. The van der Waals surface area contributed by atoms with Gasteiger partial charge in [0.25, 0.3) is 11.8 Å². The third-order valence-electron chi connectivity index (χ3n) is 4.93. The Hall–Kier alpha value is -3.30. The van der Waals surface area contributed by atoms with Crippen LogP contribution >= 0.6 is 11.8 Å². The fourth-order valence-electron chi connectivity index (χ4n) is 3.24. The highest BCUT2D eigenvalue weighted by Gasteiger charge is 2.24. The highest BCUT2D eigenvalue weighted by molar-refractivity contribution is 8.18. The Balaban J connectivity index is 1.33. The monoisotopic (exact) mass is 467 g/mol. The van der Waals surface area contributed by atoms with Crippen LogP contribution in [0, 0.1) is 0 Å². The number of nitrogens with one attached hydrogen (secondary N) is 1. The van der Waals surface area contributed by atoms with E-state index in [1.54, 1.807) is 23.1 Å². The largest absolute Gasteiger partial charge is 0.494 e. The van der Waals surface area contributed by atoms with Crippen LogP contribution in [0.15, 0.2) is 58.4 Å². The van der Waals surface area contributed by atoms with Gasteiger partial charge in [-0.3, -0.25) is 9.59 Å². The lowest BCUT2D eigenvalue weighted by Gasteiger charge is -2.26. The molecule has 172 valence electrons. The molecular formula is C24H25N3O5S. The summed E-state index contributed by atoms with van der Waals surface area (Å²) < 4.78 is 16.3. The molecule has 2 heterocycles. The molecule has 4 rings (SSSR count). The molecular weight excluding hydrogens is 442 g/mol. The Morgan fingerprint density at radius 2 is 1.76 bits per heavy atom. The van der Waals surface area contributed by atoms with Gasteiger partial charge in [-0.05, 0) is 66.7 Å². The van der Waals surface area contributed by atoms with Gasteiger partial charge >= 0.3 is 0 Å². The number of benzene rings is 2. The number of morpholine rings is 1. The van der Waals surface area contributed by atoms with E-state index in [0.29, 0.717) is 48.7 Å². The van der Waals surface area contributed by atoms with Crippen molar-refractivity contribution in [2.45, 2.75) is 6.92 Å². The zero-order chi connectivity index (χ0) is 23.0. The molecule has 1 N–H and O–H groups in total. The van der Waals surface area contributed by atoms with Gasteiger partial charge in [0.05, 0.1) is 30.4 Å². The molecule has 2 aromatic carbocycles. The van der Waals surface area contributed by atoms with E-state index < -0.39 is 0 Å². The number of hydrogen-bond donors (Lipinski definition) is 1. The average Bonchev–Trinajstić information content (AvgIpc) is 3.18. The number of carbonyl (C=O) groups is 2. The van der Waals surface area contributed by atoms with E-state index in [1.807, 2.05) is 43.3 Å². The van der Waals surface area contributed by atoms with Crippen LogP contribution in [0.1, 0.15) is 12.5 Å². The van der Waals surface area contributed by atoms with Crippen LogP contribution in [0.4, 0.5) is 5.69 Å². The number of aliphatic imine (C=N–C) groups is 1. The SMILES string of the molecule is CCOc1ccc(N=C2NC(=O)/C(=C/c3ccc(OCC(=O)N4CCOCC4)cc3)S2)cc1. The number of ether oxygens (including phenoxy) is 3. The molecule has 2 aliphatic rings. The fraction of sp³-hybridized carbons (Fsp3) is 0.292. The van der Waals surface area contributed by atoms with Crippen LogP contribution in [-0.4, -0.2) is 61.4 Å². The van der Waals surface area contributed by atoms with E-state index in [9.17, 15) is 9.59 Å². The lowest BCUT2D eigenvalue weighted by Crippen LogP contribution is -2.42. The van der Waals surface area contributed by atoms with Crippen molar-refractivity contribution in [2.75, 3.05) is 39.5 Å². The summed E-state index contributed by atoms with van der Waals surface area (Å²) in [7, 11) is 0. The zero-order valence-electron chi connectivity index (χ0n) is 18.3. The van der Waals surface area contributed by atoms with Crippen molar-refractivity contribution in [1.82, 2.24) is 10.2 Å². The molecule has 0 spiro atoms. The quantitative estimate of drug-likeness (QED) is 0.629. The maximum absolute atomic E-state index is 12.3. The second-order valence-corrected chi connectivity index (χ2v) is 8.29. The van der Waals surface area contributed by atoms with Crippen LogP contribution in [-0.2, 0) is 14.3 Å². The van der Waals surface area contributed by atoms with Gasteiger partial charge in [-0.25, -0.2) is 4.99 Å². The van der Waals surface area contributed by atoms with E-state index >= 15 is 0 Å². The molecule has 2 fully saturated rings. The van der Waals surface area contributed by atoms with Crippen molar-refractivity contribution in [3.05, 3.63) is 59.0 Å². The first-order chi connectivity index (χ1) is 16.1. The summed E-state index contributed by atoms with van der Waals surface area (Å²) in [6.45, 7) is 4.84. The Morgan fingerprint density at radius 1 is 1.09 bits per heavy atom. The molecule has 0 bridgehead atoms. The Labute approximate surface area is 196 Å². The van der Waals surface area contributed by atoms with Gasteiger partial charge in [-0.15, -0.1) is 0 Å². The second-order valence-electron chi connectivity index (χ2n) is 7.26. The molecule has 2 aromatic rings. The number of rotatable bonds is 7. The van der Waals surface area contributed by atoms with E-state index in [0.717, 1.165) is 17.0 Å². The van der Waals surface area contributed by atoms with Gasteiger partial charge in [0.2, 0.25) is 0 Å². The van der Waals surface area contributed by atoms with Crippen molar-refractivity contribution in [2.24, 2.45) is 4.99 Å². The van der Waals surface area contributed by atoms with Gasteiger partial charge in [-0.2, -0.15) is 0 Å². The van der Waals surface area contributed by atoms with E-state index in [1.165, 1.54) is 11.8 Å². The summed E-state index contributed by atoms with van der Waals surface area (Å²) in [6, 6.07) is 14.6. The van der Waals surface area contributed by atoms with Crippen LogP contribution in [0.25, 0.3) is 6.08 Å². The van der Waals surface area contributed by atoms with Crippen LogP contribution in [0.2, 0.25) is 0 Å². The minimum atomic E-state index is -0.193. The summed E-state index contributed by atoms with van der Waals surface area (Å²) in [6.07, 6.45) is 1.80. The number of amides is 2. The van der Waals surface area contributed by atoms with Gasteiger partial charge < -0.3 is 24.4 Å². The molecule has 0 unspecified atom stereocenters. The van der Waals surface area contributed by atoms with Crippen LogP contribution in [0.5, 0.6) is 11.5 Å². The van der Waals surface area contributed by atoms with Gasteiger partial charge in [-0.1, -0.05) is 12.1 Å². The third-order valence-corrected chi connectivity index (χ3v) is 5.84. The Morgan fingerprint density at radius 3 is 2.45 bits per heavy atom. The first kappa shape index (κ1) is 22.9. The smallest absolute Gasteiger partial charge is 0.264 e. The molecule has 0 saturated carbocycles. The summed E-state index contributed by atoms with van der Waals surface area (Å²) >= 11 is 1.28. The Bertz CT molecular complexity index is 1040. The lowest BCUT2D eigenvalue weighted by molar-refractivity contribution is -0.137. The standard InChI is InChI=1S/C24H25N3O5S/c1-2-31-19-9-5-18(6-10-19)25-24-26-23(29)21(33-24)15-17-3-7-20(8-4-17)32-16-22(28)27-11-13-30-14-12-27/h3-10,15H,2,11-14,16H2,1H3,(H,25,26,29)/b21-15-. The maximum atomic E-state index is 12.3. The van der Waals surface area contributed by atoms with Gasteiger partial charge in [0, 0.05) is 13.1 Å². The van der Waals surface area contributed by atoms with Crippen molar-refractivity contribution >= 4 is 40.5 Å². The topological polar surface area (TPSA) is 89.5 Å². The third kappa shape index (κ3) is 6.36. The highest BCUT2D eigenvalue weighted by Crippen LogP contribution is 2.29. The Kier molecular flexibility index (Phi) is 7.64. The van der Waals surface area contributed by atoms with E-state index in [4.69, 9.17) is 14.2 Å². The molecule has 0 atom stereocenters. The fourth-order valence-corrected chi connectivity index (χ4v) is 4.08. The van der Waals surface area contributed by atoms with Gasteiger partial charge in [0.1, 0.15) is 11.5 Å². The van der Waals surface area contributed by atoms with E-state index in [2.05, 4.69) is 10.3 Å². The van der Waals surface area contributed by atoms with Crippen molar-refractivity contribution in [3.63, 3.8) is 0 Å². The van der Waals surface area contributed by atoms with Gasteiger partial charge in [0.15, 0.2) is 11.8 Å². The maximum Gasteiger partial charge on any atom is 0.264 e. The molecule has 2 saturated heterocycles. The molecule has 2 amide bonds. The molecule has 8 nitrogen and oxygen atoms in total. The summed E-state index contributed by atoms with van der Waals surface area (Å²) in [4.78, 5) is 31.3. The number of thioether (sulfide) groups is 1. The van der Waals surface area contributed by atoms with Crippen molar-refractivity contribution < 1.29 is 23.8 Å². The lowest BCUT2D eigenvalue weighted by atomic mass is 10.2. The molecule has 0 aromatic heterocycles. The highest BCUT2D eigenvalue weighted by atomic mass is 32.2. The minimum absolute atomic E-state index is 0.00985.